The predicted molar refractivity (Wildman–Crippen MR) is 57.0 cm³/mol. The molecule has 7 nitrogen and oxygen atoms in total. The van der Waals surface area contributed by atoms with Crippen LogP contribution in [0.15, 0.2) is 5.11 Å². The van der Waals surface area contributed by atoms with Crippen LogP contribution in [0.3, 0.4) is 0 Å². The molecule has 17 heavy (non-hydrogen) atoms. The van der Waals surface area contributed by atoms with E-state index in [9.17, 15) is 4.79 Å². The average molecular weight is 241 g/mol. The summed E-state index contributed by atoms with van der Waals surface area (Å²) in [5.74, 6) is -1.06. The maximum Gasteiger partial charge on any atom is 0.317 e. The Morgan fingerprint density at radius 2 is 1.88 bits per heavy atom. The molecule has 0 aromatic carbocycles. The second-order valence-electron chi connectivity index (χ2n) is 4.32. The molecule has 0 aromatic heterocycles. The van der Waals surface area contributed by atoms with Crippen LogP contribution in [0.1, 0.15) is 25.7 Å². The fourth-order valence-corrected chi connectivity index (χ4v) is 2.45. The monoisotopic (exact) mass is 241 g/mol. The minimum atomic E-state index is -1.09. The molecule has 0 unspecified atom stereocenters. The average Bonchev–Trinajstić information content (AvgIpc) is 2.81. The lowest BCUT2D eigenvalue weighted by Crippen LogP contribution is -2.47. The van der Waals surface area contributed by atoms with Gasteiger partial charge in [0, 0.05) is 17.8 Å². The molecule has 7 heteroatoms. The van der Waals surface area contributed by atoms with Crippen LogP contribution in [0.4, 0.5) is 0 Å². The van der Waals surface area contributed by atoms with Gasteiger partial charge < -0.3 is 14.2 Å². The van der Waals surface area contributed by atoms with Crippen molar-refractivity contribution in [3.05, 3.63) is 10.4 Å². The molecule has 0 N–H and O–H groups in total. The van der Waals surface area contributed by atoms with Crippen LogP contribution in [-0.2, 0) is 19.0 Å². The van der Waals surface area contributed by atoms with Gasteiger partial charge in [-0.05, 0) is 18.4 Å². The summed E-state index contributed by atoms with van der Waals surface area (Å²) in [7, 11) is 1.30. The quantitative estimate of drug-likeness (QED) is 0.317. The number of ether oxygens (including phenoxy) is 3. The third kappa shape index (κ3) is 2.09. The Balaban J connectivity index is 2.12. The number of esters is 1. The number of azide groups is 1. The molecule has 1 aliphatic carbocycles. The molecule has 0 amide bonds. The summed E-state index contributed by atoms with van der Waals surface area (Å²) in [4.78, 5) is 14.5. The Bertz CT molecular complexity index is 349. The highest BCUT2D eigenvalue weighted by molar-refractivity contribution is 5.81. The predicted octanol–water partition coefficient (Wildman–Crippen LogP) is 1.53. The number of hydrogen-bond donors (Lipinski definition) is 0. The molecule has 2 aliphatic rings. The first-order valence-corrected chi connectivity index (χ1v) is 5.59. The first-order valence-electron chi connectivity index (χ1n) is 5.59. The van der Waals surface area contributed by atoms with Crippen molar-refractivity contribution in [2.24, 2.45) is 5.11 Å². The van der Waals surface area contributed by atoms with E-state index >= 15 is 0 Å². The van der Waals surface area contributed by atoms with E-state index < -0.39 is 17.3 Å². The zero-order valence-corrected chi connectivity index (χ0v) is 9.72. The van der Waals surface area contributed by atoms with E-state index in [-0.39, 0.29) is 0 Å². The van der Waals surface area contributed by atoms with Crippen LogP contribution in [-0.4, -0.2) is 37.6 Å². The van der Waals surface area contributed by atoms with Crippen LogP contribution in [0.5, 0.6) is 0 Å². The third-order valence-electron chi connectivity index (χ3n) is 3.45. The van der Waals surface area contributed by atoms with Gasteiger partial charge in [0.25, 0.3) is 0 Å². The highest BCUT2D eigenvalue weighted by atomic mass is 16.7. The van der Waals surface area contributed by atoms with E-state index in [0.717, 1.165) is 0 Å². The van der Waals surface area contributed by atoms with Gasteiger partial charge in [0.1, 0.15) is 5.54 Å². The van der Waals surface area contributed by atoms with Crippen molar-refractivity contribution >= 4 is 5.97 Å². The van der Waals surface area contributed by atoms with Gasteiger partial charge in [0.15, 0.2) is 5.79 Å². The van der Waals surface area contributed by atoms with Crippen LogP contribution in [0.25, 0.3) is 10.4 Å². The smallest absolute Gasteiger partial charge is 0.317 e. The van der Waals surface area contributed by atoms with Crippen molar-refractivity contribution in [3.8, 4) is 0 Å². The molecule has 1 aliphatic heterocycles. The molecule has 1 spiro atoms. The Morgan fingerprint density at radius 3 is 2.35 bits per heavy atom. The number of carbonyl (C=O) groups is 1. The first-order chi connectivity index (χ1) is 8.16. The summed E-state index contributed by atoms with van der Waals surface area (Å²) in [6.07, 6.45) is 1.87. The van der Waals surface area contributed by atoms with E-state index in [4.69, 9.17) is 19.7 Å². The van der Waals surface area contributed by atoms with Crippen molar-refractivity contribution in [1.82, 2.24) is 0 Å². The highest BCUT2D eigenvalue weighted by Gasteiger charge is 2.50. The van der Waals surface area contributed by atoms with Gasteiger partial charge in [-0.1, -0.05) is 5.11 Å². The van der Waals surface area contributed by atoms with Crippen molar-refractivity contribution in [2.45, 2.75) is 37.0 Å². The molecular weight excluding hydrogens is 226 g/mol. The molecule has 94 valence electrons. The molecule has 1 saturated carbocycles. The molecule has 2 fully saturated rings. The van der Waals surface area contributed by atoms with Gasteiger partial charge in [-0.2, -0.15) is 0 Å². The van der Waals surface area contributed by atoms with Gasteiger partial charge in [-0.15, -0.1) is 0 Å². The molecule has 1 saturated heterocycles. The maximum absolute atomic E-state index is 11.7. The van der Waals surface area contributed by atoms with Gasteiger partial charge in [0.2, 0.25) is 0 Å². The molecule has 0 atom stereocenters. The highest BCUT2D eigenvalue weighted by Crippen LogP contribution is 2.42. The molecule has 0 aromatic rings. The van der Waals surface area contributed by atoms with Gasteiger partial charge in [-0.3, -0.25) is 4.79 Å². The summed E-state index contributed by atoms with van der Waals surface area (Å²) in [5.41, 5.74) is 7.48. The summed E-state index contributed by atoms with van der Waals surface area (Å²) in [6.45, 7) is 1.15. The largest absolute Gasteiger partial charge is 0.468 e. The zero-order valence-electron chi connectivity index (χ0n) is 9.72. The lowest BCUT2D eigenvalue weighted by Gasteiger charge is -2.39. The van der Waals surface area contributed by atoms with Crippen molar-refractivity contribution in [1.29, 1.82) is 0 Å². The summed E-state index contributed by atoms with van der Waals surface area (Å²) in [5, 5.41) is 3.64. The van der Waals surface area contributed by atoms with Gasteiger partial charge in [0.05, 0.1) is 20.3 Å². The van der Waals surface area contributed by atoms with Crippen LogP contribution in [0, 0.1) is 0 Å². The lowest BCUT2D eigenvalue weighted by atomic mass is 9.79. The van der Waals surface area contributed by atoms with Crippen LogP contribution in [0.2, 0.25) is 0 Å². The Hall–Kier alpha value is -1.30. The van der Waals surface area contributed by atoms with Crippen molar-refractivity contribution in [3.63, 3.8) is 0 Å². The Labute approximate surface area is 98.6 Å². The number of carbonyl (C=O) groups excluding carboxylic acids is 1. The number of rotatable bonds is 2. The minimum absolute atomic E-state index is 0.393. The number of methoxy groups -OCH3 is 1. The third-order valence-corrected chi connectivity index (χ3v) is 3.45. The standard InChI is InChI=1S/C10H15N3O4/c1-15-8(14)9(12-13-11)2-4-10(5-3-9)16-6-7-17-10/h2-7H2,1H3. The van der Waals surface area contributed by atoms with Crippen LogP contribution < -0.4 is 0 Å². The van der Waals surface area contributed by atoms with E-state index in [1.54, 1.807) is 0 Å². The van der Waals surface area contributed by atoms with E-state index in [1.165, 1.54) is 7.11 Å². The summed E-state index contributed by atoms with van der Waals surface area (Å²) < 4.78 is 15.8. The number of hydrogen-bond acceptors (Lipinski definition) is 5. The second kappa shape index (κ2) is 4.52. The van der Waals surface area contributed by atoms with Gasteiger partial charge in [-0.25, -0.2) is 0 Å². The van der Waals surface area contributed by atoms with Crippen molar-refractivity contribution in [2.75, 3.05) is 20.3 Å². The van der Waals surface area contributed by atoms with E-state index in [2.05, 4.69) is 10.0 Å². The molecule has 1 heterocycles. The minimum Gasteiger partial charge on any atom is -0.468 e. The summed E-state index contributed by atoms with van der Waals surface area (Å²) in [6, 6.07) is 0. The van der Waals surface area contributed by atoms with E-state index in [1.807, 2.05) is 0 Å². The number of nitrogens with zero attached hydrogens (tertiary/aromatic N) is 3. The topological polar surface area (TPSA) is 93.5 Å². The maximum atomic E-state index is 11.7. The molecule has 0 bridgehead atoms. The Morgan fingerprint density at radius 1 is 1.29 bits per heavy atom. The van der Waals surface area contributed by atoms with E-state index in [0.29, 0.717) is 38.9 Å². The molecule has 0 radical (unpaired) electrons. The van der Waals surface area contributed by atoms with Crippen molar-refractivity contribution < 1.29 is 19.0 Å². The normalized spacial score (nSPS) is 25.2. The molecular formula is C10H15N3O4. The Kier molecular flexibility index (Phi) is 3.24. The SMILES string of the molecule is COC(=O)C1(N=[N+]=[N-])CCC2(CC1)OCCO2. The fourth-order valence-electron chi connectivity index (χ4n) is 2.45. The zero-order chi connectivity index (χ0) is 12.4. The van der Waals surface area contributed by atoms with Gasteiger partial charge >= 0.3 is 5.97 Å². The first kappa shape index (κ1) is 12.2. The lowest BCUT2D eigenvalue weighted by molar-refractivity contribution is -0.189. The fraction of sp³-hybridized carbons (Fsp3) is 0.900. The van der Waals surface area contributed by atoms with Crippen LogP contribution >= 0.6 is 0 Å². The summed E-state index contributed by atoms with van der Waals surface area (Å²) >= 11 is 0. The molecule has 2 rings (SSSR count). The second-order valence-corrected chi connectivity index (χ2v) is 4.32.